The molecule has 0 aliphatic heterocycles. The standard InChI is InChI=1S/C12H14Cl2N2O2/c13-7-3-8(14)5-10(4-7)16-12(17)18-11-2-1-9(15)6-11/h3-5,9,11H,1-2,6,15H2,(H,16,17). The zero-order valence-corrected chi connectivity index (χ0v) is 11.2. The molecule has 1 aromatic rings. The summed E-state index contributed by atoms with van der Waals surface area (Å²) in [5.74, 6) is 0. The van der Waals surface area contributed by atoms with E-state index in [0.29, 0.717) is 22.2 Å². The zero-order valence-electron chi connectivity index (χ0n) is 9.66. The van der Waals surface area contributed by atoms with E-state index in [0.717, 1.165) is 12.8 Å². The van der Waals surface area contributed by atoms with Crippen molar-refractivity contribution < 1.29 is 9.53 Å². The van der Waals surface area contributed by atoms with E-state index in [1.165, 1.54) is 0 Å². The highest BCUT2D eigenvalue weighted by Gasteiger charge is 2.24. The van der Waals surface area contributed by atoms with Gasteiger partial charge in [0.05, 0.1) is 0 Å². The minimum Gasteiger partial charge on any atom is -0.446 e. The second-order valence-electron chi connectivity index (χ2n) is 4.38. The van der Waals surface area contributed by atoms with E-state index in [-0.39, 0.29) is 12.1 Å². The van der Waals surface area contributed by atoms with E-state index in [1.807, 2.05) is 0 Å². The van der Waals surface area contributed by atoms with Crippen molar-refractivity contribution in [1.82, 2.24) is 0 Å². The third-order valence-corrected chi connectivity index (χ3v) is 3.24. The normalized spacial score (nSPS) is 22.8. The van der Waals surface area contributed by atoms with Gasteiger partial charge in [0.2, 0.25) is 0 Å². The van der Waals surface area contributed by atoms with Crippen molar-refractivity contribution in [2.45, 2.75) is 31.4 Å². The smallest absolute Gasteiger partial charge is 0.411 e. The lowest BCUT2D eigenvalue weighted by Gasteiger charge is -2.12. The Labute approximate surface area is 115 Å². The molecule has 0 saturated heterocycles. The summed E-state index contributed by atoms with van der Waals surface area (Å²) in [4.78, 5) is 11.6. The van der Waals surface area contributed by atoms with Crippen molar-refractivity contribution in [3.8, 4) is 0 Å². The van der Waals surface area contributed by atoms with E-state index in [4.69, 9.17) is 33.7 Å². The van der Waals surface area contributed by atoms with Crippen LogP contribution in [-0.2, 0) is 4.74 Å². The Hall–Kier alpha value is -0.970. The van der Waals surface area contributed by atoms with E-state index in [1.54, 1.807) is 18.2 Å². The van der Waals surface area contributed by atoms with Crippen LogP contribution in [-0.4, -0.2) is 18.2 Å². The molecule has 1 saturated carbocycles. The van der Waals surface area contributed by atoms with Gasteiger partial charge < -0.3 is 10.5 Å². The van der Waals surface area contributed by atoms with Crippen LogP contribution in [0.3, 0.4) is 0 Å². The van der Waals surface area contributed by atoms with Crippen molar-refractivity contribution in [3.63, 3.8) is 0 Å². The first-order chi connectivity index (χ1) is 8.52. The first-order valence-corrected chi connectivity index (χ1v) is 6.48. The van der Waals surface area contributed by atoms with Crippen molar-refractivity contribution in [2.75, 3.05) is 5.32 Å². The average Bonchev–Trinajstić information content (AvgIpc) is 2.61. The number of halogens is 2. The Balaban J connectivity index is 1.90. The molecule has 4 nitrogen and oxygen atoms in total. The van der Waals surface area contributed by atoms with Gasteiger partial charge in [-0.15, -0.1) is 0 Å². The minimum absolute atomic E-state index is 0.102. The molecule has 3 N–H and O–H groups in total. The van der Waals surface area contributed by atoms with Crippen LogP contribution in [0.2, 0.25) is 10.0 Å². The Morgan fingerprint density at radius 3 is 2.50 bits per heavy atom. The average molecular weight is 289 g/mol. The molecule has 0 aromatic heterocycles. The van der Waals surface area contributed by atoms with Crippen LogP contribution >= 0.6 is 23.2 Å². The number of rotatable bonds is 2. The lowest BCUT2D eigenvalue weighted by Crippen LogP contribution is -2.22. The molecule has 0 spiro atoms. The number of nitrogens with one attached hydrogen (secondary N) is 1. The van der Waals surface area contributed by atoms with Crippen LogP contribution in [0.25, 0.3) is 0 Å². The fraction of sp³-hybridized carbons (Fsp3) is 0.417. The topological polar surface area (TPSA) is 64.3 Å². The second-order valence-corrected chi connectivity index (χ2v) is 5.26. The molecular weight excluding hydrogens is 275 g/mol. The Bertz CT molecular complexity index is 433. The molecule has 6 heteroatoms. The molecule has 18 heavy (non-hydrogen) atoms. The summed E-state index contributed by atoms with van der Waals surface area (Å²) >= 11 is 11.7. The molecule has 1 aromatic carbocycles. The Kier molecular flexibility index (Phi) is 4.32. The van der Waals surface area contributed by atoms with Crippen LogP contribution in [0.4, 0.5) is 10.5 Å². The maximum Gasteiger partial charge on any atom is 0.411 e. The second kappa shape index (κ2) is 5.78. The van der Waals surface area contributed by atoms with Gasteiger partial charge in [0.25, 0.3) is 0 Å². The molecule has 1 aliphatic rings. The van der Waals surface area contributed by atoms with Crippen molar-refractivity contribution in [2.24, 2.45) is 5.73 Å². The maximum absolute atomic E-state index is 11.6. The van der Waals surface area contributed by atoms with Gasteiger partial charge in [0.1, 0.15) is 6.10 Å². The molecule has 2 atom stereocenters. The number of carbonyl (C=O) groups is 1. The number of ether oxygens (including phenoxy) is 1. The van der Waals surface area contributed by atoms with Gasteiger partial charge in [-0.25, -0.2) is 4.79 Å². The molecule has 2 rings (SSSR count). The molecule has 98 valence electrons. The van der Waals surface area contributed by atoms with Gasteiger partial charge in [-0.2, -0.15) is 0 Å². The number of anilines is 1. The highest BCUT2D eigenvalue weighted by Crippen LogP contribution is 2.24. The van der Waals surface area contributed by atoms with Gasteiger partial charge in [0.15, 0.2) is 0 Å². The summed E-state index contributed by atoms with van der Waals surface area (Å²) in [6.45, 7) is 0. The fourth-order valence-corrected chi connectivity index (χ4v) is 2.53. The molecule has 1 fully saturated rings. The summed E-state index contributed by atoms with van der Waals surface area (Å²) in [5.41, 5.74) is 6.26. The molecular formula is C12H14Cl2N2O2. The molecule has 0 radical (unpaired) electrons. The summed E-state index contributed by atoms with van der Waals surface area (Å²) in [5, 5.41) is 3.51. The molecule has 0 heterocycles. The SMILES string of the molecule is NC1CCC(OC(=O)Nc2cc(Cl)cc(Cl)c2)C1. The van der Waals surface area contributed by atoms with Crippen molar-refractivity contribution >= 4 is 35.0 Å². The maximum atomic E-state index is 11.6. The van der Waals surface area contributed by atoms with Crippen LogP contribution in [0.15, 0.2) is 18.2 Å². The van der Waals surface area contributed by atoms with Crippen molar-refractivity contribution in [1.29, 1.82) is 0 Å². The lowest BCUT2D eigenvalue weighted by molar-refractivity contribution is 0.114. The third kappa shape index (κ3) is 3.77. The third-order valence-electron chi connectivity index (χ3n) is 2.81. The number of hydrogen-bond acceptors (Lipinski definition) is 3. The van der Waals surface area contributed by atoms with Crippen LogP contribution < -0.4 is 11.1 Å². The fourth-order valence-electron chi connectivity index (χ4n) is 2.01. The summed E-state index contributed by atoms with van der Waals surface area (Å²) < 4.78 is 5.25. The quantitative estimate of drug-likeness (QED) is 0.876. The highest BCUT2D eigenvalue weighted by molar-refractivity contribution is 6.35. The number of carbonyl (C=O) groups excluding carboxylic acids is 1. The van der Waals surface area contributed by atoms with E-state index in [2.05, 4.69) is 5.32 Å². The van der Waals surface area contributed by atoms with E-state index >= 15 is 0 Å². The number of hydrogen-bond donors (Lipinski definition) is 2. The predicted molar refractivity (Wildman–Crippen MR) is 72.2 cm³/mol. The van der Waals surface area contributed by atoms with Crippen LogP contribution in [0.1, 0.15) is 19.3 Å². The number of amides is 1. The lowest BCUT2D eigenvalue weighted by atomic mass is 10.3. The summed E-state index contributed by atoms with van der Waals surface area (Å²) in [7, 11) is 0. The van der Waals surface area contributed by atoms with Gasteiger partial charge >= 0.3 is 6.09 Å². The summed E-state index contributed by atoms with van der Waals surface area (Å²) in [6, 6.07) is 4.93. The monoisotopic (exact) mass is 288 g/mol. The van der Waals surface area contributed by atoms with Gasteiger partial charge in [-0.3, -0.25) is 5.32 Å². The largest absolute Gasteiger partial charge is 0.446 e. The summed E-state index contributed by atoms with van der Waals surface area (Å²) in [6.07, 6.45) is 1.80. The zero-order chi connectivity index (χ0) is 13.1. The Morgan fingerprint density at radius 2 is 1.94 bits per heavy atom. The van der Waals surface area contributed by atoms with Crippen LogP contribution in [0.5, 0.6) is 0 Å². The number of nitrogens with two attached hydrogens (primary N) is 1. The van der Waals surface area contributed by atoms with Gasteiger partial charge in [-0.05, 0) is 37.5 Å². The highest BCUT2D eigenvalue weighted by atomic mass is 35.5. The predicted octanol–water partition coefficient (Wildman–Crippen LogP) is 3.42. The molecule has 1 aliphatic carbocycles. The molecule has 1 amide bonds. The van der Waals surface area contributed by atoms with Crippen molar-refractivity contribution in [3.05, 3.63) is 28.2 Å². The minimum atomic E-state index is -0.507. The first kappa shape index (κ1) is 13.5. The first-order valence-electron chi connectivity index (χ1n) is 5.72. The number of benzene rings is 1. The van der Waals surface area contributed by atoms with Gasteiger partial charge in [0, 0.05) is 21.8 Å². The van der Waals surface area contributed by atoms with E-state index < -0.39 is 6.09 Å². The molecule has 0 bridgehead atoms. The Morgan fingerprint density at radius 1 is 1.28 bits per heavy atom. The van der Waals surface area contributed by atoms with E-state index in [9.17, 15) is 4.79 Å². The van der Waals surface area contributed by atoms with Crippen LogP contribution in [0, 0.1) is 0 Å². The molecule has 2 unspecified atom stereocenters. The van der Waals surface area contributed by atoms with Gasteiger partial charge in [-0.1, -0.05) is 23.2 Å².